The first-order valence-electron chi connectivity index (χ1n) is 7.18. The minimum Gasteiger partial charge on any atom is -0.359 e. The topological polar surface area (TPSA) is 124 Å². The molecule has 1 aromatic carbocycles. The van der Waals surface area contributed by atoms with Gasteiger partial charge in [-0.15, -0.1) is 0 Å². The lowest BCUT2D eigenvalue weighted by atomic mass is 10.1. The molecule has 0 aliphatic rings. The van der Waals surface area contributed by atoms with Crippen molar-refractivity contribution in [3.05, 3.63) is 45.9 Å². The fourth-order valence-corrected chi connectivity index (χ4v) is 2.66. The van der Waals surface area contributed by atoms with Gasteiger partial charge in [-0.05, 0) is 42.9 Å². The summed E-state index contributed by atoms with van der Waals surface area (Å²) in [6.07, 6.45) is 0.630. The van der Waals surface area contributed by atoms with Crippen molar-refractivity contribution in [1.82, 2.24) is 15.5 Å². The van der Waals surface area contributed by atoms with E-state index in [1.165, 1.54) is 5.56 Å². The van der Waals surface area contributed by atoms with Gasteiger partial charge in [0.25, 0.3) is 0 Å². The first kappa shape index (κ1) is 14.9. The molecule has 3 aromatic rings. The molecule has 120 valence electrons. The van der Waals surface area contributed by atoms with Crippen LogP contribution < -0.4 is 16.0 Å². The number of H-pyrrole nitrogens is 1. The van der Waals surface area contributed by atoms with Gasteiger partial charge in [0.15, 0.2) is 0 Å². The van der Waals surface area contributed by atoms with Crippen LogP contribution in [-0.2, 0) is 6.42 Å². The first-order valence-corrected chi connectivity index (χ1v) is 7.18. The van der Waals surface area contributed by atoms with Gasteiger partial charge in [0.1, 0.15) is 0 Å². The number of benzene rings is 1. The summed E-state index contributed by atoms with van der Waals surface area (Å²) in [6.45, 7) is 4.40. The van der Waals surface area contributed by atoms with Gasteiger partial charge in [-0.25, -0.2) is 0 Å². The van der Waals surface area contributed by atoms with E-state index in [2.05, 4.69) is 26.2 Å². The Labute approximate surface area is 131 Å². The van der Waals surface area contributed by atoms with E-state index >= 15 is 0 Å². The number of fused-ring (bicyclic) bond motifs is 1. The van der Waals surface area contributed by atoms with Crippen molar-refractivity contribution in [3.8, 4) is 0 Å². The molecule has 0 radical (unpaired) electrons. The third-order valence-corrected chi connectivity index (χ3v) is 3.79. The summed E-state index contributed by atoms with van der Waals surface area (Å²) in [4.78, 5) is 15.3. The summed E-state index contributed by atoms with van der Waals surface area (Å²) in [6, 6.07) is 6.20. The fourth-order valence-electron chi connectivity index (χ4n) is 2.66. The molecule has 0 aliphatic heterocycles. The van der Waals surface area contributed by atoms with E-state index in [-0.39, 0.29) is 16.4 Å². The average molecular weight is 315 g/mol. The van der Waals surface area contributed by atoms with E-state index in [4.69, 9.17) is 5.73 Å². The molecule has 0 saturated carbocycles. The van der Waals surface area contributed by atoms with Crippen LogP contribution in [0.1, 0.15) is 27.3 Å². The molecule has 0 unspecified atom stereocenters. The number of hydrogen-bond donors (Lipinski definition) is 3. The zero-order chi connectivity index (χ0) is 16.6. The molecule has 4 N–H and O–H groups in total. The molecule has 8 nitrogen and oxygen atoms in total. The van der Waals surface area contributed by atoms with Crippen LogP contribution in [0.5, 0.6) is 0 Å². The zero-order valence-corrected chi connectivity index (χ0v) is 12.8. The number of rotatable bonds is 4. The molecule has 0 bridgehead atoms. The maximum Gasteiger partial charge on any atom is 0.318 e. The van der Waals surface area contributed by atoms with Gasteiger partial charge in [-0.1, -0.05) is 11.6 Å². The number of aryl methyl sites for hydroxylation is 2. The third kappa shape index (κ3) is 2.70. The monoisotopic (exact) mass is 315 g/mol. The molecule has 1 amide bonds. The molecule has 0 fully saturated rings. The summed E-state index contributed by atoms with van der Waals surface area (Å²) in [5, 5.41) is 18.3. The lowest BCUT2D eigenvalue weighted by Crippen LogP contribution is -2.38. The van der Waals surface area contributed by atoms with E-state index < -0.39 is 5.91 Å². The van der Waals surface area contributed by atoms with Gasteiger partial charge < -0.3 is 21.2 Å². The summed E-state index contributed by atoms with van der Waals surface area (Å²) in [5.41, 5.74) is 9.54. The van der Waals surface area contributed by atoms with Crippen LogP contribution >= 0.6 is 0 Å². The number of nitrogens with one attached hydrogen (secondary N) is 2. The summed E-state index contributed by atoms with van der Waals surface area (Å²) in [5.74, 6) is -0.830. The number of hydrogen-bond acceptors (Lipinski definition) is 5. The van der Waals surface area contributed by atoms with Gasteiger partial charge in [0.2, 0.25) is 0 Å². The highest BCUT2D eigenvalue weighted by molar-refractivity contribution is 5.94. The highest BCUT2D eigenvalue weighted by atomic mass is 16.8. The van der Waals surface area contributed by atoms with Gasteiger partial charge in [0, 0.05) is 23.1 Å². The average Bonchev–Trinajstić information content (AvgIpc) is 2.99. The smallest absolute Gasteiger partial charge is 0.318 e. The molecular formula is C15H17N5O3. The Morgan fingerprint density at radius 1 is 1.48 bits per heavy atom. The van der Waals surface area contributed by atoms with Crippen molar-refractivity contribution >= 4 is 22.6 Å². The number of nitrogens with two attached hydrogens (primary N) is 1. The van der Waals surface area contributed by atoms with Crippen LogP contribution in [-0.4, -0.2) is 22.6 Å². The molecule has 3 rings (SSSR count). The van der Waals surface area contributed by atoms with Crippen LogP contribution in [0.3, 0.4) is 0 Å². The molecule has 0 saturated heterocycles. The summed E-state index contributed by atoms with van der Waals surface area (Å²) < 4.78 is 4.28. The Morgan fingerprint density at radius 2 is 2.26 bits per heavy atom. The third-order valence-electron chi connectivity index (χ3n) is 3.79. The number of nitrogens with zero attached hydrogens (tertiary/aromatic N) is 2. The highest BCUT2D eigenvalue weighted by Crippen LogP contribution is 2.23. The largest absolute Gasteiger partial charge is 0.359 e. The standard InChI is InChI=1S/C15H17N5O3/c1-8-3-4-12-11(7-8)10(9(2)18-12)5-6-17-15(21)13-14(16)19-23-20(13)22/h3-4,7,18H,5-6H2,1-2H3,(H2,16,19)(H,17,21). The number of aromatic amines is 1. The van der Waals surface area contributed by atoms with Crippen molar-refractivity contribution in [1.29, 1.82) is 0 Å². The number of anilines is 1. The van der Waals surface area contributed by atoms with E-state index in [0.717, 1.165) is 22.2 Å². The predicted molar refractivity (Wildman–Crippen MR) is 83.7 cm³/mol. The van der Waals surface area contributed by atoms with Gasteiger partial charge in [0.05, 0.1) is 5.16 Å². The summed E-state index contributed by atoms with van der Waals surface area (Å²) in [7, 11) is 0. The molecule has 0 atom stereocenters. The second kappa shape index (κ2) is 5.64. The van der Waals surface area contributed by atoms with E-state index in [1.54, 1.807) is 0 Å². The van der Waals surface area contributed by atoms with E-state index in [9.17, 15) is 10.0 Å². The van der Waals surface area contributed by atoms with Gasteiger partial charge in [-0.3, -0.25) is 9.42 Å². The molecule has 2 aromatic heterocycles. The lowest BCUT2D eigenvalue weighted by molar-refractivity contribution is -0.803. The second-order valence-corrected chi connectivity index (χ2v) is 5.45. The van der Waals surface area contributed by atoms with Gasteiger partial charge >= 0.3 is 17.4 Å². The number of amides is 1. The second-order valence-electron chi connectivity index (χ2n) is 5.45. The van der Waals surface area contributed by atoms with Crippen molar-refractivity contribution < 1.29 is 14.3 Å². The fraction of sp³-hybridized carbons (Fsp3) is 0.267. The maximum atomic E-state index is 12.0. The molecule has 0 aliphatic carbocycles. The molecule has 0 spiro atoms. The first-order chi connectivity index (χ1) is 11.0. The Kier molecular flexibility index (Phi) is 3.65. The van der Waals surface area contributed by atoms with Crippen molar-refractivity contribution in [3.63, 3.8) is 0 Å². The van der Waals surface area contributed by atoms with Crippen LogP contribution in [0, 0.1) is 19.1 Å². The number of carbonyl (C=O) groups excluding carboxylic acids is 1. The normalized spacial score (nSPS) is 11.0. The molecule has 23 heavy (non-hydrogen) atoms. The van der Waals surface area contributed by atoms with E-state index in [0.29, 0.717) is 13.0 Å². The minimum absolute atomic E-state index is 0.00493. The van der Waals surface area contributed by atoms with Crippen LogP contribution in [0.15, 0.2) is 22.8 Å². The maximum absolute atomic E-state index is 12.0. The Balaban J connectivity index is 1.73. The molecular weight excluding hydrogens is 298 g/mol. The zero-order valence-electron chi connectivity index (χ0n) is 12.8. The lowest BCUT2D eigenvalue weighted by Gasteiger charge is -2.04. The van der Waals surface area contributed by atoms with Gasteiger partial charge in [-0.2, -0.15) is 0 Å². The summed E-state index contributed by atoms with van der Waals surface area (Å²) >= 11 is 0. The van der Waals surface area contributed by atoms with Crippen LogP contribution in [0.2, 0.25) is 0 Å². The minimum atomic E-state index is -0.604. The quantitative estimate of drug-likeness (QED) is 0.619. The van der Waals surface area contributed by atoms with Crippen LogP contribution in [0.25, 0.3) is 10.9 Å². The van der Waals surface area contributed by atoms with Crippen molar-refractivity contribution in [2.45, 2.75) is 20.3 Å². The number of nitrogen functional groups attached to an aromatic ring is 1. The van der Waals surface area contributed by atoms with Crippen molar-refractivity contribution in [2.75, 3.05) is 12.3 Å². The predicted octanol–water partition coefficient (Wildman–Crippen LogP) is 0.961. The Bertz CT molecular complexity index is 861. The Morgan fingerprint density at radius 3 is 2.96 bits per heavy atom. The van der Waals surface area contributed by atoms with Crippen LogP contribution in [0.4, 0.5) is 5.82 Å². The Hall–Kier alpha value is -3.03. The number of aromatic nitrogens is 3. The molecule has 8 heteroatoms. The van der Waals surface area contributed by atoms with E-state index in [1.807, 2.05) is 26.0 Å². The number of carbonyl (C=O) groups is 1. The molecule has 2 heterocycles. The SMILES string of the molecule is Cc1ccc2[nH]c(C)c(CCNC(=O)c3c(N)no[n+]3[O-])c2c1. The van der Waals surface area contributed by atoms with Crippen molar-refractivity contribution in [2.24, 2.45) is 0 Å². The highest BCUT2D eigenvalue weighted by Gasteiger charge is 2.24.